The Labute approximate surface area is 305 Å². The van der Waals surface area contributed by atoms with E-state index in [1.54, 1.807) is 32.0 Å². The van der Waals surface area contributed by atoms with Crippen LogP contribution in [0.3, 0.4) is 0 Å². The molecule has 5 aromatic rings. The van der Waals surface area contributed by atoms with Gasteiger partial charge in [-0.25, -0.2) is 0 Å². The van der Waals surface area contributed by atoms with Crippen molar-refractivity contribution < 1.29 is 14.3 Å². The van der Waals surface area contributed by atoms with Gasteiger partial charge in [0, 0.05) is 48.4 Å². The van der Waals surface area contributed by atoms with E-state index in [0.717, 1.165) is 96.6 Å². The average molecular weight is 700 g/mol. The molecule has 270 valence electrons. The standard InChI is InChI=1S/C43H49N5O4/c1-28-5-16-38(39(49)23-28)45-34-13-11-31(12-14-34)32-18-21-48(22-19-32)20-17-30-8-6-29(7-9-30)10-15-35-40(51-3)24-33(25-41(35)52-4)37-27-47(2)43(50)42-36(37)26-44-46-42/h6-9,11-14,24-27,32,38,45H,1,5,10,15-23H2,2-4H3,(H,44,46). The highest BCUT2D eigenvalue weighted by Crippen LogP contribution is 2.38. The second kappa shape index (κ2) is 15.6. The smallest absolute Gasteiger partial charge is 0.276 e. The normalized spacial score (nSPS) is 17.1. The Balaban J connectivity index is 0.903. The molecule has 0 bridgehead atoms. The first kappa shape index (κ1) is 35.3. The second-order valence-corrected chi connectivity index (χ2v) is 14.4. The Bertz CT molecular complexity index is 2080. The number of nitrogens with zero attached hydrogens (tertiary/aromatic N) is 3. The molecule has 52 heavy (non-hydrogen) atoms. The van der Waals surface area contributed by atoms with Gasteiger partial charge in [0.05, 0.1) is 26.5 Å². The Morgan fingerprint density at radius 3 is 2.23 bits per heavy atom. The molecule has 0 spiro atoms. The molecule has 2 fully saturated rings. The topological polar surface area (TPSA) is 101 Å². The van der Waals surface area contributed by atoms with Crippen molar-refractivity contribution in [2.24, 2.45) is 7.05 Å². The molecule has 3 heterocycles. The highest BCUT2D eigenvalue weighted by atomic mass is 16.5. The van der Waals surface area contributed by atoms with Crippen LogP contribution in [0.2, 0.25) is 0 Å². The number of H-pyrrole nitrogens is 1. The third-order valence-corrected chi connectivity index (χ3v) is 11.0. The van der Waals surface area contributed by atoms with Crippen molar-refractivity contribution in [3.8, 4) is 22.6 Å². The minimum Gasteiger partial charge on any atom is -0.496 e. The van der Waals surface area contributed by atoms with Gasteiger partial charge in [0.25, 0.3) is 5.56 Å². The van der Waals surface area contributed by atoms with Gasteiger partial charge in [-0.05, 0) is 110 Å². The average Bonchev–Trinajstić information content (AvgIpc) is 3.67. The van der Waals surface area contributed by atoms with Gasteiger partial charge in [-0.1, -0.05) is 48.6 Å². The lowest BCUT2D eigenvalue weighted by molar-refractivity contribution is -0.119. The summed E-state index contributed by atoms with van der Waals surface area (Å²) in [5.41, 5.74) is 9.27. The molecule has 1 aliphatic heterocycles. The van der Waals surface area contributed by atoms with E-state index in [-0.39, 0.29) is 17.4 Å². The van der Waals surface area contributed by atoms with Gasteiger partial charge in [0.15, 0.2) is 5.78 Å². The van der Waals surface area contributed by atoms with Gasteiger partial charge in [-0.3, -0.25) is 14.7 Å². The number of aryl methyl sites for hydroxylation is 2. The lowest BCUT2D eigenvalue weighted by Gasteiger charge is -2.32. The molecular formula is C43H49N5O4. The summed E-state index contributed by atoms with van der Waals surface area (Å²) >= 11 is 0. The third-order valence-electron chi connectivity index (χ3n) is 11.0. The molecule has 2 N–H and O–H groups in total. The van der Waals surface area contributed by atoms with E-state index >= 15 is 0 Å². The lowest BCUT2D eigenvalue weighted by Crippen LogP contribution is -2.34. The number of ether oxygens (including phenoxy) is 2. The number of benzene rings is 3. The predicted molar refractivity (Wildman–Crippen MR) is 208 cm³/mol. The van der Waals surface area contributed by atoms with Crippen LogP contribution in [-0.2, 0) is 31.1 Å². The maximum absolute atomic E-state index is 12.6. The van der Waals surface area contributed by atoms with Crippen LogP contribution in [0.4, 0.5) is 5.69 Å². The van der Waals surface area contributed by atoms with Crippen molar-refractivity contribution >= 4 is 22.4 Å². The van der Waals surface area contributed by atoms with E-state index < -0.39 is 0 Å². The first-order valence-electron chi connectivity index (χ1n) is 18.4. The third kappa shape index (κ3) is 7.70. The maximum Gasteiger partial charge on any atom is 0.276 e. The molecule has 9 heteroatoms. The van der Waals surface area contributed by atoms with Gasteiger partial charge in [0.1, 0.15) is 17.0 Å². The van der Waals surface area contributed by atoms with Gasteiger partial charge >= 0.3 is 0 Å². The zero-order valence-corrected chi connectivity index (χ0v) is 30.5. The summed E-state index contributed by atoms with van der Waals surface area (Å²) < 4.78 is 13.3. The fraction of sp³-hybridized carbons (Fsp3) is 0.372. The van der Waals surface area contributed by atoms with Gasteiger partial charge < -0.3 is 24.3 Å². The molecule has 2 aliphatic rings. The minimum absolute atomic E-state index is 0.0934. The predicted octanol–water partition coefficient (Wildman–Crippen LogP) is 7.24. The first-order chi connectivity index (χ1) is 25.3. The van der Waals surface area contributed by atoms with Crippen molar-refractivity contribution in [3.63, 3.8) is 0 Å². The summed E-state index contributed by atoms with van der Waals surface area (Å²) in [5.74, 6) is 2.35. The number of likely N-dealkylation sites (tertiary alicyclic amines) is 1. The van der Waals surface area contributed by atoms with Crippen LogP contribution < -0.4 is 20.3 Å². The van der Waals surface area contributed by atoms with Crippen LogP contribution in [0.15, 0.2) is 90.0 Å². The van der Waals surface area contributed by atoms with Gasteiger partial charge in [0.2, 0.25) is 0 Å². The minimum atomic E-state index is -0.118. The fourth-order valence-corrected chi connectivity index (χ4v) is 7.86. The Morgan fingerprint density at radius 1 is 0.904 bits per heavy atom. The van der Waals surface area contributed by atoms with E-state index in [1.165, 1.54) is 29.5 Å². The van der Waals surface area contributed by atoms with Crippen LogP contribution in [0.5, 0.6) is 11.5 Å². The summed E-state index contributed by atoms with van der Waals surface area (Å²) in [6.07, 6.45) is 10.8. The molecule has 9 nitrogen and oxygen atoms in total. The molecule has 0 amide bonds. The number of ketones is 1. The number of piperidine rings is 1. The summed E-state index contributed by atoms with van der Waals surface area (Å²) in [6, 6.07) is 21.7. The van der Waals surface area contributed by atoms with Crippen LogP contribution >= 0.6 is 0 Å². The number of hydrogen-bond donors (Lipinski definition) is 2. The molecule has 1 atom stereocenters. The van der Waals surface area contributed by atoms with Crippen molar-refractivity contribution in [1.29, 1.82) is 0 Å². The lowest BCUT2D eigenvalue weighted by atomic mass is 9.88. The number of anilines is 1. The molecule has 1 saturated heterocycles. The van der Waals surface area contributed by atoms with Crippen LogP contribution in [-0.4, -0.2) is 65.3 Å². The summed E-state index contributed by atoms with van der Waals surface area (Å²) in [6.45, 7) is 7.27. The molecule has 1 unspecified atom stereocenters. The molecule has 7 rings (SSSR count). The number of carbonyl (C=O) groups excluding carboxylic acids is 1. The number of Topliss-reactive ketones (excluding diaryl/α,β-unsaturated/α-hetero) is 1. The highest BCUT2D eigenvalue weighted by Gasteiger charge is 2.25. The molecule has 3 aromatic carbocycles. The van der Waals surface area contributed by atoms with Crippen LogP contribution in [0.25, 0.3) is 22.0 Å². The molecule has 1 saturated carbocycles. The fourth-order valence-electron chi connectivity index (χ4n) is 7.86. The quantitative estimate of drug-likeness (QED) is 0.132. The number of pyridine rings is 1. The zero-order valence-electron chi connectivity index (χ0n) is 30.5. The van der Waals surface area contributed by atoms with E-state index in [9.17, 15) is 9.59 Å². The van der Waals surface area contributed by atoms with E-state index in [4.69, 9.17) is 9.47 Å². The maximum atomic E-state index is 12.6. The summed E-state index contributed by atoms with van der Waals surface area (Å²) in [7, 11) is 5.11. The van der Waals surface area contributed by atoms with E-state index in [0.29, 0.717) is 17.9 Å². The number of hydrogen-bond acceptors (Lipinski definition) is 7. The van der Waals surface area contributed by atoms with Crippen LogP contribution in [0.1, 0.15) is 60.3 Å². The summed E-state index contributed by atoms with van der Waals surface area (Å²) in [5, 5.41) is 11.2. The Morgan fingerprint density at radius 2 is 1.58 bits per heavy atom. The van der Waals surface area contributed by atoms with Crippen LogP contribution in [0, 0.1) is 0 Å². The number of carbonyl (C=O) groups is 1. The number of nitrogens with one attached hydrogen (secondary N) is 2. The van der Waals surface area contributed by atoms with E-state index in [1.807, 2.05) is 18.3 Å². The van der Waals surface area contributed by atoms with Crippen molar-refractivity contribution in [3.05, 3.63) is 118 Å². The monoisotopic (exact) mass is 699 g/mol. The SMILES string of the molecule is C=C1CCC(Nc2ccc(C3CCN(CCc4ccc(CCc5c(OC)cc(-c6cn(C)c(=O)c7[nH]ncc67)cc5OC)cc4)CC3)cc2)C(=O)C1. The van der Waals surface area contributed by atoms with E-state index in [2.05, 4.69) is 75.5 Å². The Kier molecular flexibility index (Phi) is 10.6. The number of rotatable bonds is 12. The largest absolute Gasteiger partial charge is 0.496 e. The number of aromatic nitrogens is 3. The van der Waals surface area contributed by atoms with Crippen molar-refractivity contribution in [1.82, 2.24) is 19.7 Å². The number of aromatic amines is 1. The zero-order chi connectivity index (χ0) is 36.2. The molecule has 1 aliphatic carbocycles. The number of methoxy groups -OCH3 is 2. The molecular weight excluding hydrogens is 651 g/mol. The highest BCUT2D eigenvalue weighted by molar-refractivity contribution is 5.94. The van der Waals surface area contributed by atoms with Gasteiger partial charge in [-0.15, -0.1) is 0 Å². The first-order valence-corrected chi connectivity index (χ1v) is 18.4. The van der Waals surface area contributed by atoms with Gasteiger partial charge in [-0.2, -0.15) is 5.10 Å². The molecule has 2 aromatic heterocycles. The van der Waals surface area contributed by atoms with Crippen molar-refractivity contribution in [2.75, 3.05) is 39.2 Å². The second-order valence-electron chi connectivity index (χ2n) is 14.4. The number of fused-ring (bicyclic) bond motifs is 1. The Hall–Kier alpha value is -5.15. The van der Waals surface area contributed by atoms with Crippen molar-refractivity contribution in [2.45, 2.75) is 63.3 Å². The number of allylic oxidation sites excluding steroid dienone is 1. The molecule has 0 radical (unpaired) electrons. The summed E-state index contributed by atoms with van der Waals surface area (Å²) in [4.78, 5) is 27.5.